The topological polar surface area (TPSA) is 76.6 Å². The molecule has 2 unspecified atom stereocenters. The summed E-state index contributed by atoms with van der Waals surface area (Å²) in [5, 5.41) is 8.88. The number of likely N-dealkylation sites (tertiary alicyclic amines) is 1. The summed E-state index contributed by atoms with van der Waals surface area (Å²) in [5.41, 5.74) is 1.39. The van der Waals surface area contributed by atoms with Gasteiger partial charge in [0.15, 0.2) is 6.23 Å². The molecule has 0 saturated carbocycles. The van der Waals surface area contributed by atoms with Crippen LogP contribution in [0, 0.1) is 5.92 Å². The summed E-state index contributed by atoms with van der Waals surface area (Å²) in [4.78, 5) is 32.2. The zero-order valence-corrected chi connectivity index (χ0v) is 20.5. The van der Waals surface area contributed by atoms with Crippen molar-refractivity contribution in [1.82, 2.24) is 19.6 Å². The van der Waals surface area contributed by atoms with Gasteiger partial charge in [-0.05, 0) is 57.2 Å². The zero-order chi connectivity index (χ0) is 23.9. The average molecular weight is 473 g/mol. The Morgan fingerprint density at radius 2 is 1.71 bits per heavy atom. The average Bonchev–Trinajstić information content (AvgIpc) is 3.13. The second kappa shape index (κ2) is 12.0. The molecule has 0 radical (unpaired) electrons. The molecule has 3 saturated heterocycles. The Morgan fingerprint density at radius 1 is 1.00 bits per heavy atom. The Balaban J connectivity index is 1.14. The number of nitrogens with zero attached hydrogens (tertiary/aromatic N) is 4. The van der Waals surface area contributed by atoms with Crippen LogP contribution in [0.3, 0.4) is 0 Å². The van der Waals surface area contributed by atoms with E-state index >= 15 is 0 Å². The van der Waals surface area contributed by atoms with Crippen LogP contribution in [0.15, 0.2) is 30.3 Å². The first-order valence-electron chi connectivity index (χ1n) is 12.9. The van der Waals surface area contributed by atoms with Crippen LogP contribution in [0.25, 0.3) is 0 Å². The van der Waals surface area contributed by atoms with Crippen molar-refractivity contribution >= 4 is 12.1 Å². The molecule has 3 aliphatic heterocycles. The number of aliphatic carboxylic acids is 1. The van der Waals surface area contributed by atoms with E-state index in [2.05, 4.69) is 52.0 Å². The van der Waals surface area contributed by atoms with E-state index in [0.717, 1.165) is 64.7 Å². The number of piperazine rings is 1. The molecule has 0 spiro atoms. The minimum Gasteiger partial charge on any atom is -0.481 e. The van der Waals surface area contributed by atoms with Crippen LogP contribution in [0.1, 0.15) is 44.6 Å². The lowest BCUT2D eigenvalue weighted by atomic mass is 9.92. The van der Waals surface area contributed by atoms with E-state index in [1.54, 1.807) is 0 Å². The fourth-order valence-electron chi connectivity index (χ4n) is 5.58. The van der Waals surface area contributed by atoms with Crippen molar-refractivity contribution in [2.24, 2.45) is 5.92 Å². The van der Waals surface area contributed by atoms with E-state index in [-0.39, 0.29) is 24.8 Å². The Morgan fingerprint density at radius 3 is 2.38 bits per heavy atom. The van der Waals surface area contributed by atoms with E-state index in [0.29, 0.717) is 6.54 Å². The van der Waals surface area contributed by atoms with E-state index in [4.69, 9.17) is 9.84 Å². The van der Waals surface area contributed by atoms with E-state index < -0.39 is 5.97 Å². The van der Waals surface area contributed by atoms with E-state index in [9.17, 15) is 9.59 Å². The lowest BCUT2D eigenvalue weighted by Crippen LogP contribution is -2.53. The molecule has 3 heterocycles. The van der Waals surface area contributed by atoms with Crippen LogP contribution in [-0.2, 0) is 16.1 Å². The maximum absolute atomic E-state index is 12.6. The van der Waals surface area contributed by atoms with Gasteiger partial charge in [-0.2, -0.15) is 0 Å². The van der Waals surface area contributed by atoms with Gasteiger partial charge in [0.05, 0.1) is 12.5 Å². The number of carboxylic acid groups (broad SMARTS) is 1. The number of hydrogen-bond acceptors (Lipinski definition) is 6. The number of piperidine rings is 1. The fourth-order valence-corrected chi connectivity index (χ4v) is 5.58. The lowest BCUT2D eigenvalue weighted by Gasteiger charge is -2.38. The third-order valence-corrected chi connectivity index (χ3v) is 7.74. The number of ether oxygens (including phenoxy) is 1. The normalized spacial score (nSPS) is 25.6. The molecule has 8 heteroatoms. The summed E-state index contributed by atoms with van der Waals surface area (Å²) >= 11 is 0. The van der Waals surface area contributed by atoms with Gasteiger partial charge in [0.25, 0.3) is 0 Å². The van der Waals surface area contributed by atoms with Gasteiger partial charge in [0.2, 0.25) is 0 Å². The van der Waals surface area contributed by atoms with Crippen molar-refractivity contribution in [3.05, 3.63) is 35.9 Å². The monoisotopic (exact) mass is 472 g/mol. The van der Waals surface area contributed by atoms with E-state index in [1.807, 2.05) is 4.90 Å². The van der Waals surface area contributed by atoms with Gasteiger partial charge in [-0.1, -0.05) is 30.3 Å². The molecule has 34 heavy (non-hydrogen) atoms. The molecule has 0 aromatic heterocycles. The van der Waals surface area contributed by atoms with Crippen LogP contribution >= 0.6 is 0 Å². The van der Waals surface area contributed by atoms with Gasteiger partial charge in [-0.15, -0.1) is 0 Å². The van der Waals surface area contributed by atoms with Gasteiger partial charge in [0.1, 0.15) is 0 Å². The first-order chi connectivity index (χ1) is 16.5. The number of amides is 1. The Labute approximate surface area is 203 Å². The number of rotatable bonds is 10. The molecule has 188 valence electrons. The molecule has 3 fully saturated rings. The van der Waals surface area contributed by atoms with Gasteiger partial charge >= 0.3 is 12.1 Å². The van der Waals surface area contributed by atoms with Crippen molar-refractivity contribution in [1.29, 1.82) is 0 Å². The highest BCUT2D eigenvalue weighted by atomic mass is 16.6. The number of carbonyl (C=O) groups excluding carboxylic acids is 1. The summed E-state index contributed by atoms with van der Waals surface area (Å²) in [6.07, 6.45) is 4.46. The molecular formula is C26H40N4O4. The second-order valence-electron chi connectivity index (χ2n) is 10.1. The van der Waals surface area contributed by atoms with Crippen molar-refractivity contribution in [2.45, 2.75) is 57.8 Å². The third kappa shape index (κ3) is 6.71. The van der Waals surface area contributed by atoms with Gasteiger partial charge in [-0.25, -0.2) is 4.79 Å². The molecule has 1 aromatic carbocycles. The third-order valence-electron chi connectivity index (χ3n) is 7.74. The first-order valence-corrected chi connectivity index (χ1v) is 12.9. The maximum atomic E-state index is 12.6. The van der Waals surface area contributed by atoms with Gasteiger partial charge < -0.3 is 19.6 Å². The number of cyclic esters (lactones) is 1. The van der Waals surface area contributed by atoms with Crippen molar-refractivity contribution in [3.8, 4) is 0 Å². The van der Waals surface area contributed by atoms with Crippen molar-refractivity contribution in [2.75, 3.05) is 52.4 Å². The molecule has 2 atom stereocenters. The molecule has 3 aliphatic rings. The zero-order valence-electron chi connectivity index (χ0n) is 20.5. The highest BCUT2D eigenvalue weighted by Crippen LogP contribution is 2.27. The quantitative estimate of drug-likeness (QED) is 0.561. The molecular weight excluding hydrogens is 432 g/mol. The molecule has 0 aliphatic carbocycles. The predicted molar refractivity (Wildman–Crippen MR) is 130 cm³/mol. The summed E-state index contributed by atoms with van der Waals surface area (Å²) < 4.78 is 5.77. The van der Waals surface area contributed by atoms with Crippen LogP contribution in [0.5, 0.6) is 0 Å². The lowest BCUT2D eigenvalue weighted by molar-refractivity contribution is -0.137. The second-order valence-corrected chi connectivity index (χ2v) is 10.1. The van der Waals surface area contributed by atoms with Crippen LogP contribution < -0.4 is 0 Å². The fraction of sp³-hybridized carbons (Fsp3) is 0.692. The van der Waals surface area contributed by atoms with Crippen LogP contribution in [0.2, 0.25) is 0 Å². The molecule has 1 amide bonds. The standard InChI is InChI=1S/C26H40N4O4/c1-21-25(29-18-16-27(17-19-29)15-11-24(31)32)34-26(33)30(21)12-5-8-22-9-13-28(14-10-22)20-23-6-3-2-4-7-23/h2-4,6-7,21-22,25H,5,8-20H2,1H3,(H,31,32). The summed E-state index contributed by atoms with van der Waals surface area (Å²) in [5.74, 6) is -0.00946. The number of benzene rings is 1. The minimum atomic E-state index is -0.755. The summed E-state index contributed by atoms with van der Waals surface area (Å²) in [6, 6.07) is 10.7. The van der Waals surface area contributed by atoms with Gasteiger partial charge in [-0.3, -0.25) is 14.6 Å². The van der Waals surface area contributed by atoms with Crippen molar-refractivity contribution in [3.63, 3.8) is 0 Å². The number of hydrogen-bond donors (Lipinski definition) is 1. The summed E-state index contributed by atoms with van der Waals surface area (Å²) in [7, 11) is 0. The van der Waals surface area contributed by atoms with Gasteiger partial charge in [0, 0.05) is 45.8 Å². The van der Waals surface area contributed by atoms with Crippen molar-refractivity contribution < 1.29 is 19.4 Å². The first kappa shape index (κ1) is 24.9. The molecule has 4 rings (SSSR count). The number of carboxylic acids is 1. The summed E-state index contributed by atoms with van der Waals surface area (Å²) in [6.45, 7) is 10.0. The molecule has 8 nitrogen and oxygen atoms in total. The Kier molecular flexibility index (Phi) is 8.80. The molecule has 0 bridgehead atoms. The maximum Gasteiger partial charge on any atom is 0.411 e. The molecule has 1 aromatic rings. The largest absolute Gasteiger partial charge is 0.481 e. The van der Waals surface area contributed by atoms with Crippen LogP contribution in [-0.4, -0.2) is 101 Å². The number of carbonyl (C=O) groups is 2. The highest BCUT2D eigenvalue weighted by Gasteiger charge is 2.42. The predicted octanol–water partition coefficient (Wildman–Crippen LogP) is 2.94. The Bertz CT molecular complexity index is 791. The SMILES string of the molecule is CC1C(N2CCN(CCC(=O)O)CC2)OC(=O)N1CCCC1CCN(Cc2ccccc2)CC1. The highest BCUT2D eigenvalue weighted by molar-refractivity contribution is 5.70. The minimum absolute atomic E-state index is 0.0470. The molecule has 1 N–H and O–H groups in total. The van der Waals surface area contributed by atoms with Crippen LogP contribution in [0.4, 0.5) is 4.79 Å². The van der Waals surface area contributed by atoms with E-state index in [1.165, 1.54) is 24.8 Å². The smallest absolute Gasteiger partial charge is 0.411 e. The Hall–Kier alpha value is -2.16.